The smallest absolute Gasteiger partial charge is 0.313 e. The van der Waals surface area contributed by atoms with Crippen LogP contribution in [-0.2, 0) is 27.3 Å². The number of rotatable bonds is 5. The summed E-state index contributed by atoms with van der Waals surface area (Å²) in [5.74, 6) is -1.19. The van der Waals surface area contributed by atoms with Crippen LogP contribution in [-0.4, -0.2) is 36.2 Å². The molecule has 0 aromatic heterocycles. The molecule has 0 radical (unpaired) electrons. The number of benzene rings is 1. The van der Waals surface area contributed by atoms with Crippen molar-refractivity contribution in [1.29, 1.82) is 0 Å². The number of carboxylic acid groups (broad SMARTS) is 1. The lowest BCUT2D eigenvalue weighted by Crippen LogP contribution is -2.50. The van der Waals surface area contributed by atoms with Crippen molar-refractivity contribution in [1.82, 2.24) is 5.32 Å². The first-order chi connectivity index (χ1) is 9.97. The summed E-state index contributed by atoms with van der Waals surface area (Å²) < 4.78 is 5.21. The van der Waals surface area contributed by atoms with E-state index in [0.717, 1.165) is 11.1 Å². The molecule has 4 N–H and O–H groups in total. The minimum Gasteiger partial charge on any atom is -0.481 e. The summed E-state index contributed by atoms with van der Waals surface area (Å²) in [6.07, 6.45) is 0.180. The molecule has 1 saturated heterocycles. The molecule has 1 aliphatic heterocycles. The molecule has 0 saturated carbocycles. The van der Waals surface area contributed by atoms with E-state index in [9.17, 15) is 14.7 Å². The zero-order valence-electron chi connectivity index (χ0n) is 12.0. The summed E-state index contributed by atoms with van der Waals surface area (Å²) in [4.78, 5) is 23.5. The van der Waals surface area contributed by atoms with Gasteiger partial charge in [-0.3, -0.25) is 9.59 Å². The largest absolute Gasteiger partial charge is 0.481 e. The van der Waals surface area contributed by atoms with Gasteiger partial charge in [-0.25, -0.2) is 0 Å². The van der Waals surface area contributed by atoms with Gasteiger partial charge in [0.15, 0.2) is 0 Å². The molecule has 1 aliphatic rings. The summed E-state index contributed by atoms with van der Waals surface area (Å²) >= 11 is 0. The molecule has 21 heavy (non-hydrogen) atoms. The zero-order chi connectivity index (χ0) is 15.5. The van der Waals surface area contributed by atoms with Gasteiger partial charge in [-0.2, -0.15) is 0 Å². The van der Waals surface area contributed by atoms with E-state index in [4.69, 9.17) is 10.5 Å². The van der Waals surface area contributed by atoms with E-state index in [1.54, 1.807) is 6.92 Å². The quantitative estimate of drug-likeness (QED) is 0.724. The second kappa shape index (κ2) is 6.24. The third-order valence-corrected chi connectivity index (χ3v) is 3.97. The molecule has 2 atom stereocenters. The first-order valence-electron chi connectivity index (χ1n) is 6.84. The van der Waals surface area contributed by atoms with Crippen LogP contribution in [0.5, 0.6) is 0 Å². The predicted octanol–water partition coefficient (Wildman–Crippen LogP) is 0.294. The van der Waals surface area contributed by atoms with E-state index in [2.05, 4.69) is 5.32 Å². The standard InChI is InChI=1S/C15H20N2O4/c1-15(14(19)20)9-21-8-12(15)17-13(18)6-10-4-2-3-5-11(10)7-16/h2-5,12H,6-9,16H2,1H3,(H,17,18)(H,19,20). The van der Waals surface area contributed by atoms with Crippen LogP contribution in [0.2, 0.25) is 0 Å². The lowest BCUT2D eigenvalue weighted by atomic mass is 9.85. The summed E-state index contributed by atoms with van der Waals surface area (Å²) in [6, 6.07) is 6.93. The minimum atomic E-state index is -1.08. The number of amides is 1. The van der Waals surface area contributed by atoms with Gasteiger partial charge in [-0.15, -0.1) is 0 Å². The molecule has 114 valence electrons. The minimum absolute atomic E-state index is 0.104. The molecule has 0 bridgehead atoms. The zero-order valence-corrected chi connectivity index (χ0v) is 12.0. The average Bonchev–Trinajstić information content (AvgIpc) is 2.82. The number of aliphatic carboxylic acids is 1. The van der Waals surface area contributed by atoms with Crippen LogP contribution >= 0.6 is 0 Å². The molecule has 1 heterocycles. The van der Waals surface area contributed by atoms with Crippen molar-refractivity contribution in [3.05, 3.63) is 35.4 Å². The molecular formula is C15H20N2O4. The van der Waals surface area contributed by atoms with E-state index in [-0.39, 0.29) is 25.5 Å². The number of nitrogens with one attached hydrogen (secondary N) is 1. The van der Waals surface area contributed by atoms with E-state index in [0.29, 0.717) is 6.54 Å². The van der Waals surface area contributed by atoms with Gasteiger partial charge < -0.3 is 20.9 Å². The Morgan fingerprint density at radius 3 is 2.71 bits per heavy atom. The van der Waals surface area contributed by atoms with Crippen LogP contribution in [0.4, 0.5) is 0 Å². The fourth-order valence-corrected chi connectivity index (χ4v) is 2.43. The predicted molar refractivity (Wildman–Crippen MR) is 76.5 cm³/mol. The Morgan fingerprint density at radius 2 is 2.10 bits per heavy atom. The monoisotopic (exact) mass is 292 g/mol. The molecule has 6 nitrogen and oxygen atoms in total. The van der Waals surface area contributed by atoms with Crippen molar-refractivity contribution < 1.29 is 19.4 Å². The number of hydrogen-bond donors (Lipinski definition) is 3. The molecule has 6 heteroatoms. The van der Waals surface area contributed by atoms with Crippen molar-refractivity contribution in [3.63, 3.8) is 0 Å². The second-order valence-electron chi connectivity index (χ2n) is 5.51. The summed E-state index contributed by atoms with van der Waals surface area (Å²) in [5.41, 5.74) is 6.33. The highest BCUT2D eigenvalue weighted by molar-refractivity contribution is 5.82. The highest BCUT2D eigenvalue weighted by Gasteiger charge is 2.47. The van der Waals surface area contributed by atoms with E-state index >= 15 is 0 Å². The molecule has 1 aromatic rings. The van der Waals surface area contributed by atoms with Crippen molar-refractivity contribution >= 4 is 11.9 Å². The lowest BCUT2D eigenvalue weighted by molar-refractivity contribution is -0.149. The molecular weight excluding hydrogens is 272 g/mol. The van der Waals surface area contributed by atoms with Crippen molar-refractivity contribution in [2.24, 2.45) is 11.1 Å². The lowest BCUT2D eigenvalue weighted by Gasteiger charge is -2.25. The van der Waals surface area contributed by atoms with Crippen molar-refractivity contribution in [2.75, 3.05) is 13.2 Å². The second-order valence-corrected chi connectivity index (χ2v) is 5.51. The number of hydrogen-bond acceptors (Lipinski definition) is 4. The first-order valence-corrected chi connectivity index (χ1v) is 6.84. The third-order valence-electron chi connectivity index (χ3n) is 3.97. The molecule has 1 aromatic carbocycles. The first kappa shape index (κ1) is 15.5. The molecule has 0 aliphatic carbocycles. The fraction of sp³-hybridized carbons (Fsp3) is 0.467. The van der Waals surface area contributed by atoms with Crippen molar-refractivity contribution in [2.45, 2.75) is 25.9 Å². The van der Waals surface area contributed by atoms with Gasteiger partial charge >= 0.3 is 5.97 Å². The number of carbonyl (C=O) groups is 2. The Bertz CT molecular complexity index is 546. The topological polar surface area (TPSA) is 102 Å². The number of ether oxygens (including phenoxy) is 1. The molecule has 1 fully saturated rings. The van der Waals surface area contributed by atoms with E-state index in [1.807, 2.05) is 24.3 Å². The van der Waals surface area contributed by atoms with Gasteiger partial charge in [0.05, 0.1) is 25.7 Å². The number of carbonyl (C=O) groups excluding carboxylic acids is 1. The van der Waals surface area contributed by atoms with Crippen molar-refractivity contribution in [3.8, 4) is 0 Å². The number of nitrogens with two attached hydrogens (primary N) is 1. The SMILES string of the molecule is CC1(C(=O)O)COCC1NC(=O)Cc1ccccc1CN. The van der Waals surface area contributed by atoms with E-state index < -0.39 is 17.4 Å². The average molecular weight is 292 g/mol. The Hall–Kier alpha value is -1.92. The maximum atomic E-state index is 12.1. The summed E-state index contributed by atoms with van der Waals surface area (Å²) in [5, 5.41) is 12.0. The Morgan fingerprint density at radius 1 is 1.43 bits per heavy atom. The Balaban J connectivity index is 2.03. The van der Waals surface area contributed by atoms with Gasteiger partial charge in [-0.1, -0.05) is 24.3 Å². The molecule has 2 rings (SSSR count). The normalized spacial score (nSPS) is 24.8. The Labute approximate surface area is 123 Å². The highest BCUT2D eigenvalue weighted by Crippen LogP contribution is 2.28. The van der Waals surface area contributed by atoms with Gasteiger partial charge in [0.2, 0.25) is 5.91 Å². The van der Waals surface area contributed by atoms with Gasteiger partial charge in [0.1, 0.15) is 5.41 Å². The maximum Gasteiger partial charge on any atom is 0.313 e. The molecule has 0 spiro atoms. The molecule has 1 amide bonds. The van der Waals surface area contributed by atoms with Crippen LogP contribution in [0.25, 0.3) is 0 Å². The van der Waals surface area contributed by atoms with Gasteiger partial charge in [0.25, 0.3) is 0 Å². The Kier molecular flexibility index (Phi) is 4.59. The van der Waals surface area contributed by atoms with Crippen LogP contribution in [0.3, 0.4) is 0 Å². The van der Waals surface area contributed by atoms with Gasteiger partial charge in [-0.05, 0) is 18.1 Å². The van der Waals surface area contributed by atoms with Crippen LogP contribution < -0.4 is 11.1 Å². The maximum absolute atomic E-state index is 12.1. The van der Waals surface area contributed by atoms with E-state index in [1.165, 1.54) is 0 Å². The highest BCUT2D eigenvalue weighted by atomic mass is 16.5. The summed E-state index contributed by atoms with van der Waals surface area (Å²) in [7, 11) is 0. The van der Waals surface area contributed by atoms with Crippen LogP contribution in [0.15, 0.2) is 24.3 Å². The van der Waals surface area contributed by atoms with Gasteiger partial charge in [0, 0.05) is 6.54 Å². The molecule has 2 unspecified atom stereocenters. The van der Waals surface area contributed by atoms with Crippen LogP contribution in [0, 0.1) is 5.41 Å². The summed E-state index contributed by atoms with van der Waals surface area (Å²) in [6.45, 7) is 2.27. The van der Waals surface area contributed by atoms with Crippen LogP contribution in [0.1, 0.15) is 18.1 Å². The third kappa shape index (κ3) is 3.22. The fourth-order valence-electron chi connectivity index (χ4n) is 2.43. The number of carboxylic acids is 1.